The van der Waals surface area contributed by atoms with Crippen LogP contribution in [0.4, 0.5) is 0 Å². The lowest BCUT2D eigenvalue weighted by molar-refractivity contribution is -0.150. The molecule has 0 radical (unpaired) electrons. The molecule has 2 heterocycles. The van der Waals surface area contributed by atoms with E-state index in [1.807, 2.05) is 113 Å². The number of aliphatic hydroxyl groups is 1. The zero-order valence-electron chi connectivity index (χ0n) is 41.1. The van der Waals surface area contributed by atoms with Crippen molar-refractivity contribution >= 4 is 62.5 Å². The third-order valence-corrected chi connectivity index (χ3v) is 12.1. The van der Waals surface area contributed by atoms with E-state index in [0.717, 1.165) is 55.6 Å². The van der Waals surface area contributed by atoms with E-state index in [1.54, 1.807) is 14.2 Å². The van der Waals surface area contributed by atoms with Crippen LogP contribution < -0.4 is 9.47 Å². The summed E-state index contributed by atoms with van der Waals surface area (Å²) in [5, 5.41) is 13.1. The summed E-state index contributed by atoms with van der Waals surface area (Å²) in [6, 6.07) is 27.1. The number of fused-ring (bicyclic) bond motifs is 2. The number of nitrogens with zero attached hydrogens (tertiary/aromatic N) is 2. The predicted molar refractivity (Wildman–Crippen MR) is 276 cm³/mol. The van der Waals surface area contributed by atoms with E-state index in [4.69, 9.17) is 37.4 Å². The van der Waals surface area contributed by atoms with Crippen molar-refractivity contribution in [3.8, 4) is 11.5 Å². The zero-order valence-corrected chi connectivity index (χ0v) is 42.6. The van der Waals surface area contributed by atoms with Crippen molar-refractivity contribution in [1.29, 1.82) is 0 Å². The van der Waals surface area contributed by atoms with Gasteiger partial charge in [-0.3, -0.25) is 14.4 Å². The molecule has 0 unspecified atom stereocenters. The first kappa shape index (κ1) is 54.5. The van der Waals surface area contributed by atoms with Crippen molar-refractivity contribution in [2.24, 2.45) is 21.7 Å². The number of aromatic nitrogens is 2. The maximum Gasteiger partial charge on any atom is 0.311 e. The molecule has 362 valence electrons. The van der Waals surface area contributed by atoms with Gasteiger partial charge >= 0.3 is 5.97 Å². The number of Topliss-reactive ketones (excluding diaryl/α,β-unsaturated/α-hetero) is 2. The van der Waals surface area contributed by atoms with Crippen molar-refractivity contribution in [2.45, 2.75) is 115 Å². The maximum absolute atomic E-state index is 13.7. The van der Waals surface area contributed by atoms with E-state index in [1.165, 1.54) is 7.11 Å². The van der Waals surface area contributed by atoms with Gasteiger partial charge in [-0.1, -0.05) is 110 Å². The Morgan fingerprint density at radius 3 is 1.27 bits per heavy atom. The number of benzene rings is 4. The van der Waals surface area contributed by atoms with Crippen LogP contribution in [0.25, 0.3) is 21.8 Å². The normalized spacial score (nSPS) is 12.1. The summed E-state index contributed by atoms with van der Waals surface area (Å²) in [7, 11) is 4.64. The van der Waals surface area contributed by atoms with Crippen molar-refractivity contribution < 1.29 is 33.7 Å². The molecule has 0 fully saturated rings. The van der Waals surface area contributed by atoms with Gasteiger partial charge in [0, 0.05) is 93.3 Å². The van der Waals surface area contributed by atoms with Gasteiger partial charge in [0.15, 0.2) is 11.6 Å². The highest BCUT2D eigenvalue weighted by Crippen LogP contribution is 2.39. The van der Waals surface area contributed by atoms with E-state index >= 15 is 0 Å². The van der Waals surface area contributed by atoms with Crippen molar-refractivity contribution in [3.05, 3.63) is 129 Å². The summed E-state index contributed by atoms with van der Waals surface area (Å²) in [5.74, 6) is 1.26. The van der Waals surface area contributed by atoms with Crippen LogP contribution in [-0.2, 0) is 35.5 Å². The molecule has 9 nitrogen and oxygen atoms in total. The van der Waals surface area contributed by atoms with Gasteiger partial charge in [0.1, 0.15) is 11.5 Å². The lowest BCUT2D eigenvalue weighted by Crippen LogP contribution is -2.30. The number of hydrogen-bond donors (Lipinski definition) is 1. The molecule has 0 aliphatic heterocycles. The van der Waals surface area contributed by atoms with Crippen LogP contribution in [0.15, 0.2) is 84.9 Å². The number of esters is 1. The molecule has 0 aliphatic carbocycles. The monoisotopic (exact) mass is 954 g/mol. The summed E-state index contributed by atoms with van der Waals surface area (Å²) < 4.78 is 20.4. The van der Waals surface area contributed by atoms with Gasteiger partial charge in [-0.2, -0.15) is 0 Å². The first-order valence-corrected chi connectivity index (χ1v) is 23.2. The van der Waals surface area contributed by atoms with Gasteiger partial charge in [-0.25, -0.2) is 0 Å². The van der Waals surface area contributed by atoms with Crippen LogP contribution >= 0.6 is 23.2 Å². The highest BCUT2D eigenvalue weighted by molar-refractivity contribution is 6.30. The summed E-state index contributed by atoms with van der Waals surface area (Å²) in [6.45, 7) is 21.3. The van der Waals surface area contributed by atoms with Crippen LogP contribution in [0.2, 0.25) is 10.0 Å². The van der Waals surface area contributed by atoms with Crippen molar-refractivity contribution in [3.63, 3.8) is 0 Å². The molecular weight excluding hydrogens is 884 g/mol. The molecule has 0 saturated heterocycles. The topological polar surface area (TPSA) is 109 Å². The fourth-order valence-electron chi connectivity index (χ4n) is 8.34. The number of ether oxygens (including phenoxy) is 3. The molecule has 0 spiro atoms. The van der Waals surface area contributed by atoms with Crippen LogP contribution in [-0.4, -0.2) is 59.7 Å². The van der Waals surface area contributed by atoms with Crippen LogP contribution in [0.5, 0.6) is 11.5 Å². The zero-order chi connectivity index (χ0) is 48.9. The fourth-order valence-corrected chi connectivity index (χ4v) is 8.59. The Hall–Kier alpha value is -5.09. The molecule has 0 bridgehead atoms. The first-order valence-electron chi connectivity index (χ1n) is 22.4. The molecule has 67 heavy (non-hydrogen) atoms. The number of rotatable bonds is 16. The van der Waals surface area contributed by atoms with E-state index in [2.05, 4.69) is 50.7 Å². The molecule has 0 aliphatic rings. The molecule has 6 aromatic rings. The Kier molecular flexibility index (Phi) is 17.8. The van der Waals surface area contributed by atoms with Crippen molar-refractivity contribution in [1.82, 2.24) is 9.13 Å². The molecule has 11 heteroatoms. The summed E-state index contributed by atoms with van der Waals surface area (Å²) in [5.41, 5.74) is 5.71. The molecule has 2 aromatic heterocycles. The van der Waals surface area contributed by atoms with E-state index in [-0.39, 0.29) is 47.8 Å². The minimum absolute atomic E-state index is 0. The van der Waals surface area contributed by atoms with E-state index in [0.29, 0.717) is 60.1 Å². The largest absolute Gasteiger partial charge is 0.497 e. The number of carbonyl (C=O) groups excluding carboxylic acids is 3. The second kappa shape index (κ2) is 21.9. The third-order valence-electron chi connectivity index (χ3n) is 11.6. The Bertz CT molecular complexity index is 2680. The average Bonchev–Trinajstić information content (AvgIpc) is 3.69. The number of aliphatic hydroxyl groups excluding tert-OH is 1. The Labute approximate surface area is 408 Å². The van der Waals surface area contributed by atoms with Gasteiger partial charge in [-0.15, -0.1) is 0 Å². The minimum atomic E-state index is -0.818. The molecule has 0 saturated carbocycles. The van der Waals surface area contributed by atoms with Gasteiger partial charge < -0.3 is 28.5 Å². The number of methoxy groups -OCH3 is 3. The lowest BCUT2D eigenvalue weighted by atomic mass is 9.83. The van der Waals surface area contributed by atoms with Gasteiger partial charge in [0.2, 0.25) is 0 Å². The minimum Gasteiger partial charge on any atom is -0.497 e. The van der Waals surface area contributed by atoms with Crippen LogP contribution in [0.3, 0.4) is 0 Å². The third kappa shape index (κ3) is 13.8. The molecule has 1 N–H and O–H groups in total. The van der Waals surface area contributed by atoms with Crippen LogP contribution in [0.1, 0.15) is 133 Å². The Morgan fingerprint density at radius 1 is 0.567 bits per heavy atom. The highest BCUT2D eigenvalue weighted by Gasteiger charge is 2.35. The second-order valence-electron chi connectivity index (χ2n) is 21.2. The Morgan fingerprint density at radius 2 is 0.940 bits per heavy atom. The summed E-state index contributed by atoms with van der Waals surface area (Å²) >= 11 is 12.2. The maximum atomic E-state index is 13.7. The van der Waals surface area contributed by atoms with Gasteiger partial charge in [-0.05, 0) is 108 Å². The average molecular weight is 956 g/mol. The van der Waals surface area contributed by atoms with Gasteiger partial charge in [0.25, 0.3) is 0 Å². The van der Waals surface area contributed by atoms with E-state index < -0.39 is 5.41 Å². The molecule has 4 aromatic carbocycles. The number of ketones is 2. The first-order chi connectivity index (χ1) is 30.8. The summed E-state index contributed by atoms with van der Waals surface area (Å²) in [6.07, 6.45) is 1.77. The van der Waals surface area contributed by atoms with Crippen LogP contribution in [0, 0.1) is 21.7 Å². The number of carbonyl (C=O) groups is 3. The SMILES string of the molecule is C.COC(=O)C(C)(C)Cc1c(C(=O)CC(C)(C)C)c2cc(OC)ccc2n1Cc1ccc(Cl)cc1.COc1ccc2c(c1)c(C(=O)CC(C)(C)C)c(CC(C)(C)CO)n2Cc1ccc(Cl)cc1. The lowest BCUT2D eigenvalue weighted by Gasteiger charge is -2.24. The highest BCUT2D eigenvalue weighted by atomic mass is 35.5. The molecule has 0 atom stereocenters. The standard InChI is InChI=1S/C28H34ClNO4.C27H34ClNO3.CH4/c1-27(2,3)16-24(31)25-21-14-20(33-6)12-13-22(21)30(17-18-8-10-19(29)11-9-18)23(25)15-28(4,5)26(32)34-7;1-26(2,3)15-24(31)25-21-13-20(32-6)11-12-22(21)29(23(25)14-27(4,5)17-30)16-18-7-9-19(28)10-8-18;/h8-14H,15-17H2,1-7H3;7-13,30H,14-17H2,1-6H3;1H4. The smallest absolute Gasteiger partial charge is 0.311 e. The molecule has 6 rings (SSSR count). The fraction of sp³-hybridized carbons (Fsp3) is 0.446. The molecular formula is C56H72Cl2N2O7. The molecule has 0 amide bonds. The number of halogens is 2. The Balaban J connectivity index is 0.000000289. The predicted octanol–water partition coefficient (Wildman–Crippen LogP) is 13.9. The number of hydrogen-bond acceptors (Lipinski definition) is 7. The second-order valence-corrected chi connectivity index (χ2v) is 22.1. The quantitative estimate of drug-likeness (QED) is 0.0760. The van der Waals surface area contributed by atoms with Gasteiger partial charge in [0.05, 0.1) is 26.7 Å². The summed E-state index contributed by atoms with van der Waals surface area (Å²) in [4.78, 5) is 40.0. The van der Waals surface area contributed by atoms with E-state index in [9.17, 15) is 19.5 Å². The van der Waals surface area contributed by atoms with Crippen molar-refractivity contribution in [2.75, 3.05) is 27.9 Å².